The second-order valence-electron chi connectivity index (χ2n) is 4.92. The van der Waals surface area contributed by atoms with E-state index in [1.54, 1.807) is 7.05 Å². The van der Waals surface area contributed by atoms with Gasteiger partial charge in [0, 0.05) is 26.1 Å². The lowest BCUT2D eigenvalue weighted by atomic mass is 10.2. The molecular formula is C14H19F3N8. The Morgan fingerprint density at radius 2 is 2.16 bits per heavy atom. The lowest BCUT2D eigenvalue weighted by molar-refractivity contribution is -0.118. The van der Waals surface area contributed by atoms with E-state index in [-0.39, 0.29) is 11.8 Å². The van der Waals surface area contributed by atoms with Gasteiger partial charge in [-0.2, -0.15) is 18.4 Å². The Morgan fingerprint density at radius 1 is 1.40 bits per heavy atom. The van der Waals surface area contributed by atoms with Gasteiger partial charge in [0.05, 0.1) is 5.84 Å². The molecule has 11 heteroatoms. The molecule has 25 heavy (non-hydrogen) atoms. The van der Waals surface area contributed by atoms with Crippen molar-refractivity contribution in [2.75, 3.05) is 18.9 Å². The number of halogens is 3. The molecule has 0 spiro atoms. The van der Waals surface area contributed by atoms with Crippen LogP contribution in [0.1, 0.15) is 25.1 Å². The number of nitrogens with two attached hydrogens (primary N) is 1. The molecule has 4 N–H and O–H groups in total. The fraction of sp³-hybridized carbons (Fsp3) is 0.500. The third kappa shape index (κ3) is 9.09. The molecular weight excluding hydrogens is 337 g/mol. The number of unbranched alkanes of at least 4 members (excludes halogenated alkanes) is 1. The Balaban J connectivity index is 2.64. The van der Waals surface area contributed by atoms with E-state index in [2.05, 4.69) is 30.6 Å². The minimum atomic E-state index is -4.47. The van der Waals surface area contributed by atoms with Gasteiger partial charge in [-0.1, -0.05) is 0 Å². The lowest BCUT2D eigenvalue weighted by Crippen LogP contribution is -2.29. The average molecular weight is 356 g/mol. The van der Waals surface area contributed by atoms with Gasteiger partial charge in [-0.3, -0.25) is 10.3 Å². The van der Waals surface area contributed by atoms with Crippen LogP contribution in [0.4, 0.5) is 19.0 Å². The maximum atomic E-state index is 12.2. The predicted octanol–water partition coefficient (Wildman–Crippen LogP) is 1.58. The van der Waals surface area contributed by atoms with Crippen molar-refractivity contribution in [3.05, 3.63) is 18.1 Å². The zero-order chi connectivity index (χ0) is 18.7. The number of aromatic nitrogens is 2. The Hall–Kier alpha value is -2.90. The first-order valence-corrected chi connectivity index (χ1v) is 7.40. The van der Waals surface area contributed by atoms with Crippen molar-refractivity contribution in [3.63, 3.8) is 0 Å². The van der Waals surface area contributed by atoms with Crippen molar-refractivity contribution >= 4 is 17.6 Å². The van der Waals surface area contributed by atoms with Crippen molar-refractivity contribution in [3.8, 4) is 6.19 Å². The number of hydrogen-bond donors (Lipinski definition) is 3. The molecule has 0 amide bonds. The number of alkyl halides is 3. The zero-order valence-electron chi connectivity index (χ0n) is 13.6. The number of rotatable bonds is 7. The van der Waals surface area contributed by atoms with Gasteiger partial charge in [-0.25, -0.2) is 15.0 Å². The van der Waals surface area contributed by atoms with Gasteiger partial charge < -0.3 is 11.1 Å². The number of aliphatic imine (C=N–C) groups is 2. The molecule has 1 aromatic rings. The molecule has 0 atom stereocenters. The molecule has 8 nitrogen and oxygen atoms in total. The molecule has 0 radical (unpaired) electrons. The van der Waals surface area contributed by atoms with Crippen LogP contribution in [0.2, 0.25) is 0 Å². The smallest absolute Gasteiger partial charge is 0.387 e. The van der Waals surface area contributed by atoms with Crippen LogP contribution in [0.3, 0.4) is 0 Å². The summed E-state index contributed by atoms with van der Waals surface area (Å²) in [7, 11) is 1.63. The van der Waals surface area contributed by atoms with Gasteiger partial charge in [0.1, 0.15) is 18.2 Å². The summed E-state index contributed by atoms with van der Waals surface area (Å²) in [5.41, 5.74) is 5.60. The number of nitrogens with zero attached hydrogens (tertiary/aromatic N) is 5. The van der Waals surface area contributed by atoms with Gasteiger partial charge in [0.2, 0.25) is 5.96 Å². The van der Waals surface area contributed by atoms with Gasteiger partial charge >= 0.3 is 6.18 Å². The quantitative estimate of drug-likeness (QED) is 0.224. The molecule has 0 saturated heterocycles. The maximum Gasteiger partial charge on any atom is 0.408 e. The van der Waals surface area contributed by atoms with Crippen LogP contribution < -0.4 is 16.4 Å². The highest BCUT2D eigenvalue weighted by Crippen LogP contribution is 2.14. The predicted molar refractivity (Wildman–Crippen MR) is 87.9 cm³/mol. The molecule has 0 saturated carbocycles. The minimum absolute atomic E-state index is 0.239. The minimum Gasteiger partial charge on any atom is -0.387 e. The molecule has 1 heterocycles. The van der Waals surface area contributed by atoms with Crippen LogP contribution in [0.5, 0.6) is 0 Å². The Labute approximate surface area is 143 Å². The molecule has 0 unspecified atom stereocenters. The second kappa shape index (κ2) is 10.1. The normalized spacial score (nSPS) is 12.6. The fourth-order valence-corrected chi connectivity index (χ4v) is 1.74. The van der Waals surface area contributed by atoms with Gasteiger partial charge in [-0.05, 0) is 18.9 Å². The number of amidine groups is 1. The van der Waals surface area contributed by atoms with E-state index in [1.807, 2.05) is 0 Å². The van der Waals surface area contributed by atoms with Crippen LogP contribution in [-0.2, 0) is 6.42 Å². The molecule has 1 rings (SSSR count). The van der Waals surface area contributed by atoms with E-state index in [0.717, 1.165) is 12.8 Å². The summed E-state index contributed by atoms with van der Waals surface area (Å²) in [4.78, 5) is 15.4. The second-order valence-corrected chi connectivity index (χ2v) is 4.92. The maximum absolute atomic E-state index is 12.2. The first kappa shape index (κ1) is 20.1. The molecule has 0 aliphatic carbocycles. The van der Waals surface area contributed by atoms with Crippen LogP contribution in [0, 0.1) is 11.5 Å². The van der Waals surface area contributed by atoms with Crippen molar-refractivity contribution in [2.24, 2.45) is 15.7 Å². The molecule has 136 valence electrons. The highest BCUT2D eigenvalue weighted by Gasteiger charge is 2.26. The third-order valence-corrected chi connectivity index (χ3v) is 2.91. The van der Waals surface area contributed by atoms with E-state index < -0.39 is 12.7 Å². The van der Waals surface area contributed by atoms with Crippen LogP contribution in [0.25, 0.3) is 0 Å². The molecule has 0 aliphatic heterocycles. The summed E-state index contributed by atoms with van der Waals surface area (Å²) in [6, 6.07) is 1.47. The molecule has 0 aliphatic rings. The monoisotopic (exact) mass is 356 g/mol. The topological polar surface area (TPSA) is 124 Å². The molecule has 0 aromatic carbocycles. The number of nitriles is 1. The number of nitrogens with one attached hydrogen (secondary N) is 2. The number of anilines is 1. The summed E-state index contributed by atoms with van der Waals surface area (Å²) in [5, 5.41) is 13.2. The number of hydrogen-bond acceptors (Lipinski definition) is 5. The van der Waals surface area contributed by atoms with Crippen LogP contribution >= 0.6 is 0 Å². The highest BCUT2D eigenvalue weighted by atomic mass is 19.4. The molecule has 1 aromatic heterocycles. The standard InChI is InChI=1S/C14H19F3N8/c1-20-10(19)4-2-3-5-11-21-7-6-12(24-11)25-13(23-9-18)22-8-14(15,16)17/h6-7H,2-5,8H2,1H3,(H2,19,20)(H2,21,22,23,24,25). The van der Waals surface area contributed by atoms with Crippen molar-refractivity contribution < 1.29 is 13.2 Å². The first-order valence-electron chi connectivity index (χ1n) is 7.40. The largest absolute Gasteiger partial charge is 0.408 e. The summed E-state index contributed by atoms with van der Waals surface area (Å²) in [5.74, 6) is 0.994. The zero-order valence-corrected chi connectivity index (χ0v) is 13.6. The first-order chi connectivity index (χ1) is 11.8. The number of guanidine groups is 1. The molecule has 0 fully saturated rings. The van der Waals surface area contributed by atoms with E-state index in [4.69, 9.17) is 11.0 Å². The third-order valence-electron chi connectivity index (χ3n) is 2.91. The van der Waals surface area contributed by atoms with Gasteiger partial charge in [0.25, 0.3) is 0 Å². The van der Waals surface area contributed by atoms with Crippen molar-refractivity contribution in [2.45, 2.75) is 31.9 Å². The molecule has 0 bridgehead atoms. The van der Waals surface area contributed by atoms with Crippen LogP contribution in [0.15, 0.2) is 22.2 Å². The summed E-state index contributed by atoms with van der Waals surface area (Å²) >= 11 is 0. The van der Waals surface area contributed by atoms with Crippen LogP contribution in [-0.4, -0.2) is 41.5 Å². The Bertz CT molecular complexity index is 648. The van der Waals surface area contributed by atoms with Crippen molar-refractivity contribution in [1.82, 2.24) is 15.3 Å². The van der Waals surface area contributed by atoms with E-state index in [1.165, 1.54) is 18.5 Å². The summed E-state index contributed by atoms with van der Waals surface area (Å²) < 4.78 is 36.7. The van der Waals surface area contributed by atoms with E-state index in [0.29, 0.717) is 24.5 Å². The van der Waals surface area contributed by atoms with E-state index >= 15 is 0 Å². The Morgan fingerprint density at radius 3 is 2.80 bits per heavy atom. The number of aryl methyl sites for hydroxylation is 1. The average Bonchev–Trinajstić information content (AvgIpc) is 2.56. The van der Waals surface area contributed by atoms with Gasteiger partial charge in [0.15, 0.2) is 6.19 Å². The highest BCUT2D eigenvalue weighted by molar-refractivity contribution is 5.93. The SMILES string of the molecule is CN=C(N)CCCCc1nccc(NC(=NCC(F)(F)F)NC#N)n1. The summed E-state index contributed by atoms with van der Waals surface area (Å²) in [6.07, 6.45) is 1.38. The summed E-state index contributed by atoms with van der Waals surface area (Å²) in [6.45, 7) is -1.41. The Kier molecular flexibility index (Phi) is 8.11. The lowest BCUT2D eigenvalue weighted by Gasteiger charge is -2.09. The van der Waals surface area contributed by atoms with E-state index in [9.17, 15) is 13.2 Å². The fourth-order valence-electron chi connectivity index (χ4n) is 1.74. The van der Waals surface area contributed by atoms with Gasteiger partial charge in [-0.15, -0.1) is 0 Å². The van der Waals surface area contributed by atoms with Crippen molar-refractivity contribution in [1.29, 1.82) is 5.26 Å².